The molecule has 0 atom stereocenters. The molecule has 0 unspecified atom stereocenters. The second-order valence-electron chi connectivity index (χ2n) is 4.07. The van der Waals surface area contributed by atoms with Crippen molar-refractivity contribution in [3.05, 3.63) is 41.1 Å². The van der Waals surface area contributed by atoms with E-state index in [-0.39, 0.29) is 11.5 Å². The van der Waals surface area contributed by atoms with Crippen molar-refractivity contribution in [1.82, 2.24) is 5.16 Å². The lowest BCUT2D eigenvalue weighted by atomic mass is 10.0. The van der Waals surface area contributed by atoms with Crippen LogP contribution in [0, 0.1) is 0 Å². The zero-order chi connectivity index (χ0) is 14.9. The molecule has 1 aromatic carbocycles. The molecular formula is C13H10F3NO3. The monoisotopic (exact) mass is 285 g/mol. The largest absolute Gasteiger partial charge is 0.476 e. The molecule has 0 aliphatic rings. The van der Waals surface area contributed by atoms with E-state index in [4.69, 9.17) is 9.63 Å². The topological polar surface area (TPSA) is 63.3 Å². The van der Waals surface area contributed by atoms with Gasteiger partial charge in [0.1, 0.15) is 0 Å². The van der Waals surface area contributed by atoms with E-state index in [1.54, 1.807) is 6.92 Å². The van der Waals surface area contributed by atoms with Crippen LogP contribution in [0.5, 0.6) is 0 Å². The van der Waals surface area contributed by atoms with Crippen LogP contribution in [-0.4, -0.2) is 16.2 Å². The number of hydrogen-bond donors (Lipinski definition) is 1. The number of rotatable bonds is 3. The molecule has 0 aliphatic heterocycles. The molecule has 106 valence electrons. The van der Waals surface area contributed by atoms with Gasteiger partial charge >= 0.3 is 12.1 Å². The Labute approximate surface area is 111 Å². The van der Waals surface area contributed by atoms with Crippen LogP contribution in [-0.2, 0) is 12.6 Å². The molecule has 0 saturated carbocycles. The quantitative estimate of drug-likeness (QED) is 0.935. The van der Waals surface area contributed by atoms with Gasteiger partial charge in [-0.05, 0) is 18.6 Å². The van der Waals surface area contributed by atoms with E-state index in [9.17, 15) is 18.0 Å². The SMILES string of the molecule is CCc1c(C(=O)O)noc1-c1ccc(C(F)(F)F)cc1. The Morgan fingerprint density at radius 1 is 1.30 bits per heavy atom. The zero-order valence-electron chi connectivity index (χ0n) is 10.4. The first kappa shape index (κ1) is 14.1. The highest BCUT2D eigenvalue weighted by atomic mass is 19.4. The Balaban J connectivity index is 2.45. The summed E-state index contributed by atoms with van der Waals surface area (Å²) in [6.45, 7) is 1.71. The standard InChI is InChI=1S/C13H10F3NO3/c1-2-9-10(12(18)19)17-20-11(9)7-3-5-8(6-4-7)13(14,15)16/h3-6H,2H2,1H3,(H,18,19). The molecule has 1 N–H and O–H groups in total. The Kier molecular flexibility index (Phi) is 3.52. The second kappa shape index (κ2) is 4.99. The fourth-order valence-corrected chi connectivity index (χ4v) is 1.84. The number of carboxylic acid groups (broad SMARTS) is 1. The van der Waals surface area contributed by atoms with Gasteiger partial charge in [0.05, 0.1) is 5.56 Å². The predicted octanol–water partition coefficient (Wildman–Crippen LogP) is 3.62. The van der Waals surface area contributed by atoms with Crippen molar-refractivity contribution in [2.24, 2.45) is 0 Å². The van der Waals surface area contributed by atoms with Crippen molar-refractivity contribution in [3.8, 4) is 11.3 Å². The van der Waals surface area contributed by atoms with Crippen molar-refractivity contribution in [2.75, 3.05) is 0 Å². The Morgan fingerprint density at radius 2 is 1.90 bits per heavy atom. The van der Waals surface area contributed by atoms with Crippen molar-refractivity contribution in [1.29, 1.82) is 0 Å². The van der Waals surface area contributed by atoms with Crippen LogP contribution >= 0.6 is 0 Å². The summed E-state index contributed by atoms with van der Waals surface area (Å²) < 4.78 is 42.3. The average Bonchev–Trinajstić information content (AvgIpc) is 2.81. The van der Waals surface area contributed by atoms with Crippen molar-refractivity contribution >= 4 is 5.97 Å². The summed E-state index contributed by atoms with van der Waals surface area (Å²) in [5, 5.41) is 12.4. The molecule has 0 aliphatic carbocycles. The van der Waals surface area contributed by atoms with Crippen LogP contribution in [0.15, 0.2) is 28.8 Å². The number of aromatic carboxylic acids is 1. The summed E-state index contributed by atoms with van der Waals surface area (Å²) in [5.74, 6) is -1.05. The smallest absolute Gasteiger partial charge is 0.416 e. The third-order valence-electron chi connectivity index (χ3n) is 2.82. The van der Waals surface area contributed by atoms with E-state index in [0.29, 0.717) is 17.5 Å². The molecule has 0 spiro atoms. The van der Waals surface area contributed by atoms with Crippen LogP contribution in [0.1, 0.15) is 28.5 Å². The van der Waals surface area contributed by atoms with Gasteiger partial charge in [0.25, 0.3) is 0 Å². The number of carboxylic acids is 1. The van der Waals surface area contributed by atoms with E-state index in [0.717, 1.165) is 12.1 Å². The fraction of sp³-hybridized carbons (Fsp3) is 0.231. The second-order valence-corrected chi connectivity index (χ2v) is 4.07. The lowest BCUT2D eigenvalue weighted by molar-refractivity contribution is -0.137. The molecule has 7 heteroatoms. The average molecular weight is 285 g/mol. The van der Waals surface area contributed by atoms with Gasteiger partial charge in [-0.1, -0.05) is 24.2 Å². The van der Waals surface area contributed by atoms with E-state index in [1.807, 2.05) is 0 Å². The van der Waals surface area contributed by atoms with Gasteiger partial charge in [-0.15, -0.1) is 0 Å². The predicted molar refractivity (Wildman–Crippen MR) is 63.3 cm³/mol. The van der Waals surface area contributed by atoms with E-state index >= 15 is 0 Å². The molecule has 0 fully saturated rings. The number of nitrogens with zero attached hydrogens (tertiary/aromatic N) is 1. The molecule has 1 aromatic heterocycles. The number of alkyl halides is 3. The third kappa shape index (κ3) is 2.52. The Bertz CT molecular complexity index is 629. The zero-order valence-corrected chi connectivity index (χ0v) is 10.4. The Hall–Kier alpha value is -2.31. The van der Waals surface area contributed by atoms with E-state index in [1.165, 1.54) is 12.1 Å². The molecule has 0 radical (unpaired) electrons. The van der Waals surface area contributed by atoms with Gasteiger partial charge < -0.3 is 9.63 Å². The molecule has 2 aromatic rings. The van der Waals surface area contributed by atoms with Crippen LogP contribution < -0.4 is 0 Å². The number of aromatic nitrogens is 1. The molecule has 1 heterocycles. The van der Waals surface area contributed by atoms with Crippen LogP contribution in [0.25, 0.3) is 11.3 Å². The normalized spacial score (nSPS) is 11.6. The van der Waals surface area contributed by atoms with Gasteiger partial charge in [-0.25, -0.2) is 4.79 Å². The lowest BCUT2D eigenvalue weighted by Crippen LogP contribution is -2.04. The first-order valence-electron chi connectivity index (χ1n) is 5.74. The maximum Gasteiger partial charge on any atom is 0.416 e. The fourth-order valence-electron chi connectivity index (χ4n) is 1.84. The maximum atomic E-state index is 12.5. The third-order valence-corrected chi connectivity index (χ3v) is 2.82. The maximum absolute atomic E-state index is 12.5. The minimum Gasteiger partial charge on any atom is -0.476 e. The van der Waals surface area contributed by atoms with Gasteiger partial charge in [0, 0.05) is 11.1 Å². The summed E-state index contributed by atoms with van der Waals surface area (Å²) in [5.41, 5.74) is -0.285. The molecule has 2 rings (SSSR count). The molecular weight excluding hydrogens is 275 g/mol. The van der Waals surface area contributed by atoms with Crippen molar-refractivity contribution in [3.63, 3.8) is 0 Å². The first-order chi connectivity index (χ1) is 9.34. The van der Waals surface area contributed by atoms with Crippen LogP contribution in [0.4, 0.5) is 13.2 Å². The highest BCUT2D eigenvalue weighted by Gasteiger charge is 2.30. The minimum absolute atomic E-state index is 0.179. The van der Waals surface area contributed by atoms with E-state index < -0.39 is 17.7 Å². The highest BCUT2D eigenvalue weighted by molar-refractivity contribution is 5.89. The van der Waals surface area contributed by atoms with Gasteiger partial charge in [-0.2, -0.15) is 13.2 Å². The van der Waals surface area contributed by atoms with E-state index in [2.05, 4.69) is 5.16 Å². The van der Waals surface area contributed by atoms with Crippen LogP contribution in [0.3, 0.4) is 0 Å². The number of hydrogen-bond acceptors (Lipinski definition) is 3. The van der Waals surface area contributed by atoms with Crippen LogP contribution in [0.2, 0.25) is 0 Å². The minimum atomic E-state index is -4.42. The summed E-state index contributed by atoms with van der Waals surface area (Å²) in [6.07, 6.45) is -4.07. The Morgan fingerprint density at radius 3 is 2.35 bits per heavy atom. The highest BCUT2D eigenvalue weighted by Crippen LogP contribution is 2.32. The molecule has 0 amide bonds. The molecule has 20 heavy (non-hydrogen) atoms. The summed E-state index contributed by atoms with van der Waals surface area (Å²) in [6, 6.07) is 4.29. The van der Waals surface area contributed by atoms with Gasteiger partial charge in [0.2, 0.25) is 0 Å². The van der Waals surface area contributed by atoms with Gasteiger partial charge in [-0.3, -0.25) is 0 Å². The number of carbonyl (C=O) groups is 1. The first-order valence-corrected chi connectivity index (χ1v) is 5.74. The summed E-state index contributed by atoms with van der Waals surface area (Å²) in [7, 11) is 0. The molecule has 4 nitrogen and oxygen atoms in total. The summed E-state index contributed by atoms with van der Waals surface area (Å²) >= 11 is 0. The van der Waals surface area contributed by atoms with Gasteiger partial charge in [0.15, 0.2) is 11.5 Å². The van der Waals surface area contributed by atoms with Crippen molar-refractivity contribution in [2.45, 2.75) is 19.5 Å². The molecule has 0 bridgehead atoms. The van der Waals surface area contributed by atoms with Crippen molar-refractivity contribution < 1.29 is 27.6 Å². The molecule has 0 saturated heterocycles. The number of benzene rings is 1. The summed E-state index contributed by atoms with van der Waals surface area (Å²) in [4.78, 5) is 10.9. The number of halogens is 3. The lowest BCUT2D eigenvalue weighted by Gasteiger charge is -2.06.